The maximum Gasteiger partial charge on any atom is 0.253 e. The van der Waals surface area contributed by atoms with Gasteiger partial charge in [0.2, 0.25) is 0 Å². The van der Waals surface area contributed by atoms with Crippen LogP contribution in [0.4, 0.5) is 0 Å². The number of aryl methyl sites for hydroxylation is 3. The lowest BCUT2D eigenvalue weighted by molar-refractivity contribution is 0.0949. The highest BCUT2D eigenvalue weighted by atomic mass is 16.2. The molecule has 0 fully saturated rings. The Kier molecular flexibility index (Phi) is 5.49. The largest absolute Gasteiger partial charge is 0.348 e. The minimum Gasteiger partial charge on any atom is -0.348 e. The molecule has 0 atom stereocenters. The van der Waals surface area contributed by atoms with E-state index in [9.17, 15) is 14.4 Å². The molecule has 2 aromatic heterocycles. The van der Waals surface area contributed by atoms with Crippen LogP contribution in [0.15, 0.2) is 41.3 Å². The molecule has 0 saturated heterocycles. The minimum absolute atomic E-state index is 0.132. The van der Waals surface area contributed by atoms with E-state index in [-0.39, 0.29) is 18.0 Å². The molecule has 0 aliphatic heterocycles. The Balaban J connectivity index is 1.83. The molecule has 3 aromatic rings. The zero-order valence-electron chi connectivity index (χ0n) is 15.9. The van der Waals surface area contributed by atoms with E-state index in [1.165, 1.54) is 0 Å². The lowest BCUT2D eigenvalue weighted by Gasteiger charge is -2.11. The Morgan fingerprint density at radius 2 is 1.96 bits per heavy atom. The summed E-state index contributed by atoms with van der Waals surface area (Å²) in [6.45, 7) is 5.62. The van der Waals surface area contributed by atoms with E-state index in [1.54, 1.807) is 18.3 Å². The summed E-state index contributed by atoms with van der Waals surface area (Å²) in [7, 11) is 0. The quantitative estimate of drug-likeness (QED) is 0.672. The van der Waals surface area contributed by atoms with Crippen LogP contribution in [0.3, 0.4) is 0 Å². The number of aromatic nitrogens is 2. The van der Waals surface area contributed by atoms with Crippen LogP contribution in [0.5, 0.6) is 0 Å². The topological polar surface area (TPSA) is 91.9 Å². The number of benzene rings is 1. The smallest absolute Gasteiger partial charge is 0.253 e. The summed E-state index contributed by atoms with van der Waals surface area (Å²) in [4.78, 5) is 42.4. The molecule has 0 aliphatic carbocycles. The van der Waals surface area contributed by atoms with Crippen molar-refractivity contribution < 1.29 is 9.59 Å². The monoisotopic (exact) mass is 374 g/mol. The number of pyridine rings is 2. The van der Waals surface area contributed by atoms with Crippen LogP contribution in [0.2, 0.25) is 0 Å². The van der Waals surface area contributed by atoms with E-state index in [2.05, 4.69) is 21.4 Å². The Hall–Kier alpha value is -3.54. The number of hydrogen-bond acceptors (Lipinski definition) is 4. The van der Waals surface area contributed by atoms with Gasteiger partial charge in [-0.1, -0.05) is 18.2 Å². The van der Waals surface area contributed by atoms with Gasteiger partial charge in [0.25, 0.3) is 11.5 Å². The molecule has 28 heavy (non-hydrogen) atoms. The van der Waals surface area contributed by atoms with E-state index >= 15 is 0 Å². The second-order valence-electron chi connectivity index (χ2n) is 6.65. The third-order valence-electron chi connectivity index (χ3n) is 4.52. The van der Waals surface area contributed by atoms with E-state index in [4.69, 9.17) is 0 Å². The highest BCUT2D eigenvalue weighted by Gasteiger charge is 2.13. The first-order chi connectivity index (χ1) is 13.4. The van der Waals surface area contributed by atoms with Crippen molar-refractivity contribution in [2.45, 2.75) is 27.3 Å². The number of amides is 1. The summed E-state index contributed by atoms with van der Waals surface area (Å²) in [6.07, 6.45) is 2.25. The SMILES string of the molecule is Cc1cc(C)c(CNC(=O)c2[c]c(-c3ccc(C=O)nc3)ccc2C)c(=O)[nH]1. The summed E-state index contributed by atoms with van der Waals surface area (Å²) in [6, 6.07) is 12.0. The van der Waals surface area contributed by atoms with Crippen LogP contribution >= 0.6 is 0 Å². The summed E-state index contributed by atoms with van der Waals surface area (Å²) >= 11 is 0. The van der Waals surface area contributed by atoms with Gasteiger partial charge in [-0.25, -0.2) is 0 Å². The Morgan fingerprint density at radius 1 is 1.18 bits per heavy atom. The predicted octanol–water partition coefficient (Wildman–Crippen LogP) is 2.90. The van der Waals surface area contributed by atoms with Crippen LogP contribution in [0.25, 0.3) is 11.1 Å². The molecule has 1 aromatic carbocycles. The summed E-state index contributed by atoms with van der Waals surface area (Å²) < 4.78 is 0. The van der Waals surface area contributed by atoms with Gasteiger partial charge in [-0.05, 0) is 49.6 Å². The molecule has 1 amide bonds. The van der Waals surface area contributed by atoms with Crippen LogP contribution in [0.1, 0.15) is 43.2 Å². The van der Waals surface area contributed by atoms with Crippen molar-refractivity contribution in [3.63, 3.8) is 0 Å². The fourth-order valence-electron chi connectivity index (χ4n) is 2.96. The molecule has 1 radical (unpaired) electrons. The standard InChI is InChI=1S/C22H20N3O3/c1-13-4-5-16(17-6-7-18(12-26)23-10-17)9-19(13)21(27)24-11-20-14(2)8-15(3)25-22(20)28/h4-8,10,12H,11H2,1-3H3,(H,24,27)(H,25,28). The molecule has 0 unspecified atom stereocenters. The lowest BCUT2D eigenvalue weighted by Crippen LogP contribution is -2.28. The van der Waals surface area contributed by atoms with Gasteiger partial charge in [0.05, 0.1) is 5.56 Å². The van der Waals surface area contributed by atoms with Gasteiger partial charge >= 0.3 is 0 Å². The molecule has 0 spiro atoms. The second kappa shape index (κ2) is 8.00. The lowest BCUT2D eigenvalue weighted by atomic mass is 10.00. The summed E-state index contributed by atoms with van der Waals surface area (Å²) in [5.74, 6) is -0.309. The van der Waals surface area contributed by atoms with Crippen molar-refractivity contribution in [3.05, 3.63) is 86.6 Å². The first kappa shape index (κ1) is 19.2. The Morgan fingerprint density at radius 3 is 2.61 bits per heavy atom. The van der Waals surface area contributed by atoms with Crippen LogP contribution in [0, 0.1) is 26.8 Å². The number of nitrogens with zero attached hydrogens (tertiary/aromatic N) is 1. The number of carbonyl (C=O) groups is 2. The number of hydrogen-bond donors (Lipinski definition) is 2. The fraction of sp³-hybridized carbons (Fsp3) is 0.182. The average molecular weight is 374 g/mol. The molecular formula is C22H20N3O3. The Labute approximate surface area is 162 Å². The minimum atomic E-state index is -0.309. The number of rotatable bonds is 5. The molecular weight excluding hydrogens is 354 g/mol. The van der Waals surface area contributed by atoms with E-state index in [0.717, 1.165) is 22.4 Å². The number of aromatic amines is 1. The highest BCUT2D eigenvalue weighted by Crippen LogP contribution is 2.21. The maximum absolute atomic E-state index is 12.7. The van der Waals surface area contributed by atoms with Gasteiger partial charge in [-0.2, -0.15) is 0 Å². The molecule has 0 bridgehead atoms. The van der Waals surface area contributed by atoms with Gasteiger partial charge in [-0.3, -0.25) is 19.4 Å². The molecule has 3 rings (SSSR count). The normalized spacial score (nSPS) is 10.5. The summed E-state index contributed by atoms with van der Waals surface area (Å²) in [5.41, 5.74) is 4.91. The van der Waals surface area contributed by atoms with E-state index < -0.39 is 0 Å². The van der Waals surface area contributed by atoms with Crippen molar-refractivity contribution >= 4 is 12.2 Å². The van der Waals surface area contributed by atoms with E-state index in [0.29, 0.717) is 28.7 Å². The average Bonchev–Trinajstić information content (AvgIpc) is 2.67. The maximum atomic E-state index is 12.7. The third-order valence-corrected chi connectivity index (χ3v) is 4.52. The van der Waals surface area contributed by atoms with Gasteiger partial charge < -0.3 is 10.3 Å². The van der Waals surface area contributed by atoms with Crippen molar-refractivity contribution in [2.24, 2.45) is 0 Å². The molecule has 141 valence electrons. The fourth-order valence-corrected chi connectivity index (χ4v) is 2.96. The molecule has 6 nitrogen and oxygen atoms in total. The first-order valence-electron chi connectivity index (χ1n) is 8.81. The van der Waals surface area contributed by atoms with Gasteiger partial charge in [0.15, 0.2) is 6.29 Å². The van der Waals surface area contributed by atoms with Crippen molar-refractivity contribution in [3.8, 4) is 11.1 Å². The molecule has 2 heterocycles. The van der Waals surface area contributed by atoms with Crippen molar-refractivity contribution in [1.29, 1.82) is 0 Å². The number of aldehydes is 1. The molecule has 6 heteroatoms. The molecule has 2 N–H and O–H groups in total. The van der Waals surface area contributed by atoms with Crippen molar-refractivity contribution in [1.82, 2.24) is 15.3 Å². The van der Waals surface area contributed by atoms with Gasteiger partial charge in [0.1, 0.15) is 5.69 Å². The third kappa shape index (κ3) is 4.06. The van der Waals surface area contributed by atoms with Crippen LogP contribution < -0.4 is 10.9 Å². The summed E-state index contributed by atoms with van der Waals surface area (Å²) in [5, 5.41) is 2.80. The Bertz CT molecular complexity index is 1100. The predicted molar refractivity (Wildman–Crippen MR) is 106 cm³/mol. The number of nitrogens with one attached hydrogen (secondary N) is 2. The van der Waals surface area contributed by atoms with Crippen LogP contribution in [-0.4, -0.2) is 22.2 Å². The second-order valence-corrected chi connectivity index (χ2v) is 6.65. The first-order valence-corrected chi connectivity index (χ1v) is 8.81. The van der Waals surface area contributed by atoms with Gasteiger partial charge in [-0.15, -0.1) is 0 Å². The number of carbonyl (C=O) groups excluding carboxylic acids is 2. The van der Waals surface area contributed by atoms with Crippen molar-refractivity contribution in [2.75, 3.05) is 0 Å². The molecule has 0 saturated carbocycles. The van der Waals surface area contributed by atoms with Gasteiger partial charge in [0, 0.05) is 35.6 Å². The molecule has 0 aliphatic rings. The van der Waals surface area contributed by atoms with E-state index in [1.807, 2.05) is 39.0 Å². The van der Waals surface area contributed by atoms with Crippen LogP contribution in [-0.2, 0) is 6.54 Å². The zero-order chi connectivity index (χ0) is 20.3. The highest BCUT2D eigenvalue weighted by molar-refractivity contribution is 5.96. The number of H-pyrrole nitrogens is 1. The zero-order valence-corrected chi connectivity index (χ0v) is 15.9.